The Morgan fingerprint density at radius 2 is 2.05 bits per heavy atom. The fourth-order valence-electron chi connectivity index (χ4n) is 2.76. The predicted molar refractivity (Wildman–Crippen MR) is 79.7 cm³/mol. The summed E-state index contributed by atoms with van der Waals surface area (Å²) in [4.78, 5) is 12.9. The van der Waals surface area contributed by atoms with Gasteiger partial charge in [-0.2, -0.15) is 0 Å². The number of aliphatic hydroxyl groups excluding tert-OH is 1. The second-order valence-corrected chi connectivity index (χ2v) is 7.20. The summed E-state index contributed by atoms with van der Waals surface area (Å²) < 4.78 is 0. The van der Waals surface area contributed by atoms with Crippen molar-refractivity contribution in [2.75, 3.05) is 26.2 Å². The summed E-state index contributed by atoms with van der Waals surface area (Å²) in [7, 11) is 0. The monoisotopic (exact) mass is 286 g/mol. The Labute approximate surface area is 122 Å². The average Bonchev–Trinajstić information content (AvgIpc) is 2.33. The third-order valence-electron chi connectivity index (χ3n) is 3.80. The molecule has 0 saturated carbocycles. The number of nitrogens with zero attached hydrogens (tertiary/aromatic N) is 1. The number of aliphatic carboxylic acids is 1. The van der Waals surface area contributed by atoms with Crippen LogP contribution in [0.5, 0.6) is 0 Å². The number of carboxylic acids is 1. The summed E-state index contributed by atoms with van der Waals surface area (Å²) in [5.74, 6) is -0.642. The molecule has 3 atom stereocenters. The first kappa shape index (κ1) is 17.4. The van der Waals surface area contributed by atoms with Gasteiger partial charge in [0.15, 0.2) is 0 Å². The molecule has 0 aliphatic carbocycles. The van der Waals surface area contributed by atoms with Crippen LogP contribution in [-0.4, -0.2) is 59.4 Å². The molecule has 5 nitrogen and oxygen atoms in total. The quantitative estimate of drug-likeness (QED) is 0.683. The standard InChI is InChI=1S/C15H30N2O3/c1-5-13(18)11-6-12(16-10-15(2,3)4)8-17(7-11)9-14(19)20/h11-13,16,18H,5-10H2,1-4H3,(H,19,20). The second-order valence-electron chi connectivity index (χ2n) is 7.20. The maximum atomic E-state index is 10.9. The maximum Gasteiger partial charge on any atom is 0.317 e. The molecule has 0 aromatic rings. The van der Waals surface area contributed by atoms with Crippen molar-refractivity contribution in [1.82, 2.24) is 10.2 Å². The van der Waals surface area contributed by atoms with Gasteiger partial charge in [0.25, 0.3) is 0 Å². The zero-order valence-corrected chi connectivity index (χ0v) is 13.2. The normalized spacial score (nSPS) is 26.4. The Morgan fingerprint density at radius 1 is 1.40 bits per heavy atom. The van der Waals surface area contributed by atoms with Crippen LogP contribution >= 0.6 is 0 Å². The number of hydrogen-bond donors (Lipinski definition) is 3. The Hall–Kier alpha value is -0.650. The molecule has 1 heterocycles. The lowest BCUT2D eigenvalue weighted by atomic mass is 9.87. The van der Waals surface area contributed by atoms with Crippen LogP contribution in [0.2, 0.25) is 0 Å². The Balaban J connectivity index is 2.61. The Bertz CT molecular complexity index is 315. The van der Waals surface area contributed by atoms with Crippen LogP contribution in [0.25, 0.3) is 0 Å². The number of nitrogens with one attached hydrogen (secondary N) is 1. The smallest absolute Gasteiger partial charge is 0.317 e. The highest BCUT2D eigenvalue weighted by Crippen LogP contribution is 2.22. The third kappa shape index (κ3) is 6.20. The lowest BCUT2D eigenvalue weighted by Crippen LogP contribution is -2.53. The molecular weight excluding hydrogens is 256 g/mol. The fourth-order valence-corrected chi connectivity index (χ4v) is 2.76. The summed E-state index contributed by atoms with van der Waals surface area (Å²) in [5, 5.41) is 22.6. The topological polar surface area (TPSA) is 72.8 Å². The van der Waals surface area contributed by atoms with E-state index in [9.17, 15) is 9.90 Å². The van der Waals surface area contributed by atoms with Crippen LogP contribution in [0.3, 0.4) is 0 Å². The summed E-state index contributed by atoms with van der Waals surface area (Å²) in [6.07, 6.45) is 1.30. The molecule has 0 bridgehead atoms. The Morgan fingerprint density at radius 3 is 2.55 bits per heavy atom. The summed E-state index contributed by atoms with van der Waals surface area (Å²) in [6.45, 7) is 10.9. The minimum Gasteiger partial charge on any atom is -0.480 e. The molecule has 0 amide bonds. The molecule has 3 unspecified atom stereocenters. The van der Waals surface area contributed by atoms with Gasteiger partial charge in [-0.25, -0.2) is 0 Å². The van der Waals surface area contributed by atoms with Gasteiger partial charge in [0.1, 0.15) is 0 Å². The van der Waals surface area contributed by atoms with Gasteiger partial charge in [0.05, 0.1) is 12.6 Å². The first-order chi connectivity index (χ1) is 9.21. The number of likely N-dealkylation sites (tertiary alicyclic amines) is 1. The van der Waals surface area contributed by atoms with E-state index in [1.807, 2.05) is 11.8 Å². The first-order valence-electron chi connectivity index (χ1n) is 7.57. The number of aliphatic hydroxyl groups is 1. The molecule has 1 aliphatic heterocycles. The van der Waals surface area contributed by atoms with Gasteiger partial charge < -0.3 is 15.5 Å². The van der Waals surface area contributed by atoms with Crippen molar-refractivity contribution in [3.8, 4) is 0 Å². The maximum absolute atomic E-state index is 10.9. The number of carbonyl (C=O) groups is 1. The fraction of sp³-hybridized carbons (Fsp3) is 0.933. The molecule has 0 radical (unpaired) electrons. The van der Waals surface area contributed by atoms with Crippen LogP contribution in [0, 0.1) is 11.3 Å². The Kier molecular flexibility index (Phi) is 6.43. The van der Waals surface area contributed by atoms with E-state index in [4.69, 9.17) is 5.11 Å². The lowest BCUT2D eigenvalue weighted by molar-refractivity contribution is -0.139. The average molecular weight is 286 g/mol. The van der Waals surface area contributed by atoms with Gasteiger partial charge in [-0.15, -0.1) is 0 Å². The van der Waals surface area contributed by atoms with Crippen LogP contribution in [0.4, 0.5) is 0 Å². The van der Waals surface area contributed by atoms with E-state index in [0.717, 1.165) is 25.9 Å². The van der Waals surface area contributed by atoms with E-state index < -0.39 is 5.97 Å². The highest BCUT2D eigenvalue weighted by molar-refractivity contribution is 5.69. The summed E-state index contributed by atoms with van der Waals surface area (Å²) >= 11 is 0. The van der Waals surface area contributed by atoms with Crippen molar-refractivity contribution in [2.45, 2.75) is 52.7 Å². The minimum absolute atomic E-state index is 0.0562. The zero-order valence-electron chi connectivity index (χ0n) is 13.2. The largest absolute Gasteiger partial charge is 0.480 e. The SMILES string of the molecule is CCC(O)C1CC(NCC(C)(C)C)CN(CC(=O)O)C1. The molecular formula is C15H30N2O3. The minimum atomic E-state index is -0.800. The molecule has 0 aromatic carbocycles. The molecule has 1 aliphatic rings. The summed E-state index contributed by atoms with van der Waals surface area (Å²) in [5.41, 5.74) is 0.202. The van der Waals surface area contributed by atoms with Crippen molar-refractivity contribution < 1.29 is 15.0 Å². The van der Waals surface area contributed by atoms with Gasteiger partial charge in [0.2, 0.25) is 0 Å². The number of piperidine rings is 1. The number of rotatable bonds is 6. The molecule has 1 saturated heterocycles. The van der Waals surface area contributed by atoms with Crippen molar-refractivity contribution >= 4 is 5.97 Å². The van der Waals surface area contributed by atoms with E-state index in [1.54, 1.807) is 0 Å². The van der Waals surface area contributed by atoms with Crippen LogP contribution < -0.4 is 5.32 Å². The molecule has 3 N–H and O–H groups in total. The van der Waals surface area contributed by atoms with Gasteiger partial charge in [-0.1, -0.05) is 27.7 Å². The van der Waals surface area contributed by atoms with Gasteiger partial charge in [-0.3, -0.25) is 9.69 Å². The first-order valence-corrected chi connectivity index (χ1v) is 7.57. The molecule has 1 fully saturated rings. The van der Waals surface area contributed by atoms with Gasteiger partial charge >= 0.3 is 5.97 Å². The van der Waals surface area contributed by atoms with E-state index in [0.29, 0.717) is 6.54 Å². The molecule has 1 rings (SSSR count). The highest BCUT2D eigenvalue weighted by atomic mass is 16.4. The van der Waals surface area contributed by atoms with Crippen LogP contribution in [0.15, 0.2) is 0 Å². The van der Waals surface area contributed by atoms with Crippen molar-refractivity contribution in [3.05, 3.63) is 0 Å². The van der Waals surface area contributed by atoms with Crippen molar-refractivity contribution in [3.63, 3.8) is 0 Å². The van der Waals surface area contributed by atoms with Crippen LogP contribution in [0.1, 0.15) is 40.5 Å². The molecule has 5 heteroatoms. The van der Waals surface area contributed by atoms with Gasteiger partial charge in [-0.05, 0) is 24.2 Å². The van der Waals surface area contributed by atoms with Crippen LogP contribution in [-0.2, 0) is 4.79 Å². The third-order valence-corrected chi connectivity index (χ3v) is 3.80. The van der Waals surface area contributed by atoms with Crippen molar-refractivity contribution in [2.24, 2.45) is 11.3 Å². The molecule has 0 aromatic heterocycles. The molecule has 118 valence electrons. The zero-order chi connectivity index (χ0) is 15.3. The van der Waals surface area contributed by atoms with E-state index in [2.05, 4.69) is 26.1 Å². The van der Waals surface area contributed by atoms with E-state index in [1.165, 1.54) is 0 Å². The number of hydrogen-bond acceptors (Lipinski definition) is 4. The lowest BCUT2D eigenvalue weighted by Gasteiger charge is -2.40. The molecule has 0 spiro atoms. The second kappa shape index (κ2) is 7.38. The summed E-state index contributed by atoms with van der Waals surface area (Å²) in [6, 6.07) is 0.258. The van der Waals surface area contributed by atoms with E-state index in [-0.39, 0.29) is 30.0 Å². The van der Waals surface area contributed by atoms with Gasteiger partial charge in [0, 0.05) is 25.7 Å². The van der Waals surface area contributed by atoms with Crippen molar-refractivity contribution in [1.29, 1.82) is 0 Å². The highest BCUT2D eigenvalue weighted by Gasteiger charge is 2.31. The molecule has 20 heavy (non-hydrogen) atoms. The predicted octanol–water partition coefficient (Wildman–Crippen LogP) is 1.17. The van der Waals surface area contributed by atoms with E-state index >= 15 is 0 Å². The number of carboxylic acid groups (broad SMARTS) is 1.